The first kappa shape index (κ1) is 20.4. The normalized spacial score (nSPS) is 20.2. The summed E-state index contributed by atoms with van der Waals surface area (Å²) in [5.41, 5.74) is 2.51. The van der Waals surface area contributed by atoms with E-state index in [1.54, 1.807) is 19.2 Å². The smallest absolute Gasteiger partial charge is 0.303 e. The van der Waals surface area contributed by atoms with Gasteiger partial charge in [0.05, 0.1) is 6.04 Å². The number of carbonyl (C=O) groups is 1. The number of nitrogens with zero attached hydrogens (tertiary/aromatic N) is 1. The summed E-state index contributed by atoms with van der Waals surface area (Å²) in [6.45, 7) is 0.726. The van der Waals surface area contributed by atoms with Crippen molar-refractivity contribution >= 4 is 16.0 Å². The van der Waals surface area contributed by atoms with Crippen LogP contribution in [-0.4, -0.2) is 37.4 Å². The second-order valence-electron chi connectivity index (χ2n) is 7.15. The van der Waals surface area contributed by atoms with Crippen LogP contribution in [0.5, 0.6) is 0 Å². The average Bonchev–Trinajstić information content (AvgIpc) is 2.75. The lowest BCUT2D eigenvalue weighted by atomic mass is 9.92. The standard InChI is InChI=1S/C21H26N2O4S/c1-23-18-12-7-5-10-16(18)21(22-15-9-3-2-4-14-20(24)25)17-11-6-8-13-19(17)28(23,26)27/h5-6,10-11,21-22H,2-4,7,9,12,14-15H2,1H3,(H,24,25). The van der Waals surface area contributed by atoms with Gasteiger partial charge >= 0.3 is 5.97 Å². The summed E-state index contributed by atoms with van der Waals surface area (Å²) in [6.07, 6.45) is 9.24. The number of nitrogens with one attached hydrogen (secondary N) is 1. The van der Waals surface area contributed by atoms with Gasteiger partial charge in [0, 0.05) is 24.7 Å². The van der Waals surface area contributed by atoms with Crippen LogP contribution in [0.25, 0.3) is 0 Å². The minimum atomic E-state index is -3.65. The number of hydrogen-bond donors (Lipinski definition) is 2. The topological polar surface area (TPSA) is 86.7 Å². The molecule has 0 bridgehead atoms. The Labute approximate surface area is 167 Å². The van der Waals surface area contributed by atoms with Crippen LogP contribution in [0.1, 0.15) is 56.6 Å². The van der Waals surface area contributed by atoms with Crippen molar-refractivity contribution < 1.29 is 18.3 Å². The number of aliphatic carboxylic acids is 1. The fourth-order valence-electron chi connectivity index (χ4n) is 3.77. The minimum absolute atomic E-state index is 0.180. The quantitative estimate of drug-likeness (QED) is 0.652. The second kappa shape index (κ2) is 8.80. The third kappa shape index (κ3) is 4.23. The molecule has 1 aliphatic heterocycles. The summed E-state index contributed by atoms with van der Waals surface area (Å²) in [6, 6.07) is 8.89. The minimum Gasteiger partial charge on any atom is -0.481 e. The molecule has 3 rings (SSSR count). The fraction of sp³-hybridized carbons (Fsp3) is 0.476. The summed E-state index contributed by atoms with van der Waals surface area (Å²) < 4.78 is 27.5. The average molecular weight is 403 g/mol. The molecule has 1 heterocycles. The molecule has 0 spiro atoms. The van der Waals surface area contributed by atoms with Crippen LogP contribution in [0.15, 0.2) is 40.5 Å². The molecule has 1 atom stereocenters. The maximum Gasteiger partial charge on any atom is 0.303 e. The monoisotopic (exact) mass is 402 g/mol. The van der Waals surface area contributed by atoms with Gasteiger partial charge in [0.25, 0.3) is 10.0 Å². The first-order valence-corrected chi connectivity index (χ1v) is 11.1. The Morgan fingerprint density at radius 2 is 2.11 bits per heavy atom. The van der Waals surface area contributed by atoms with Crippen molar-refractivity contribution in [2.75, 3.05) is 13.6 Å². The first-order chi connectivity index (χ1) is 13.4. The molecule has 0 fully saturated rings. The Kier molecular flexibility index (Phi) is 6.42. The lowest BCUT2D eigenvalue weighted by Crippen LogP contribution is -2.27. The van der Waals surface area contributed by atoms with Crippen molar-refractivity contribution in [1.82, 2.24) is 9.62 Å². The molecule has 1 aliphatic carbocycles. The van der Waals surface area contributed by atoms with Gasteiger partial charge in [-0.2, -0.15) is 0 Å². The Morgan fingerprint density at radius 1 is 1.32 bits per heavy atom. The zero-order valence-corrected chi connectivity index (χ0v) is 16.9. The van der Waals surface area contributed by atoms with Crippen LogP contribution < -0.4 is 5.32 Å². The molecule has 0 saturated heterocycles. The van der Waals surface area contributed by atoms with Crippen molar-refractivity contribution in [3.05, 3.63) is 53.3 Å². The van der Waals surface area contributed by atoms with Gasteiger partial charge in [0.2, 0.25) is 0 Å². The van der Waals surface area contributed by atoms with Gasteiger partial charge in [-0.05, 0) is 56.0 Å². The van der Waals surface area contributed by atoms with Gasteiger partial charge in [-0.15, -0.1) is 0 Å². The number of hydrogen-bond acceptors (Lipinski definition) is 4. The molecule has 28 heavy (non-hydrogen) atoms. The fourth-order valence-corrected chi connectivity index (χ4v) is 5.20. The van der Waals surface area contributed by atoms with Gasteiger partial charge < -0.3 is 10.4 Å². The van der Waals surface area contributed by atoms with Gasteiger partial charge in [-0.25, -0.2) is 8.42 Å². The van der Waals surface area contributed by atoms with Crippen LogP contribution >= 0.6 is 0 Å². The van der Waals surface area contributed by atoms with E-state index in [0.717, 1.165) is 43.5 Å². The molecule has 1 aromatic rings. The van der Waals surface area contributed by atoms with E-state index >= 15 is 0 Å². The highest BCUT2D eigenvalue weighted by atomic mass is 32.2. The van der Waals surface area contributed by atoms with Crippen molar-refractivity contribution in [2.45, 2.75) is 55.9 Å². The first-order valence-electron chi connectivity index (χ1n) is 9.69. The number of rotatable bonds is 8. The maximum absolute atomic E-state index is 13.1. The third-order valence-corrected chi connectivity index (χ3v) is 7.05. The van der Waals surface area contributed by atoms with Gasteiger partial charge in [-0.3, -0.25) is 9.10 Å². The third-order valence-electron chi connectivity index (χ3n) is 5.26. The molecule has 2 aliphatic rings. The van der Waals surface area contributed by atoms with E-state index in [2.05, 4.69) is 23.5 Å². The van der Waals surface area contributed by atoms with Crippen molar-refractivity contribution in [3.8, 4) is 0 Å². The van der Waals surface area contributed by atoms with Crippen LogP contribution in [0.3, 0.4) is 0 Å². The molecule has 2 N–H and O–H groups in total. The van der Waals surface area contributed by atoms with Crippen LogP contribution in [0.4, 0.5) is 0 Å². The molecule has 0 aromatic heterocycles. The highest BCUT2D eigenvalue weighted by molar-refractivity contribution is 7.89. The summed E-state index contributed by atoms with van der Waals surface area (Å²) in [5.74, 6) is -0.755. The van der Waals surface area contributed by atoms with E-state index in [-0.39, 0.29) is 17.4 Å². The number of fused-ring (bicyclic) bond motifs is 1. The second-order valence-corrected chi connectivity index (χ2v) is 9.05. The Bertz CT molecular complexity index is 889. The molecular formula is C21H26N2O4S. The van der Waals surface area contributed by atoms with Crippen LogP contribution in [-0.2, 0) is 14.8 Å². The lowest BCUT2D eigenvalue weighted by Gasteiger charge is -2.26. The Morgan fingerprint density at radius 3 is 2.89 bits per heavy atom. The zero-order chi connectivity index (χ0) is 20.1. The summed E-state index contributed by atoms with van der Waals surface area (Å²) in [7, 11) is -2.04. The highest BCUT2D eigenvalue weighted by Gasteiger charge is 2.36. The van der Waals surface area contributed by atoms with Crippen molar-refractivity contribution in [1.29, 1.82) is 0 Å². The predicted octanol–water partition coefficient (Wildman–Crippen LogP) is 3.19. The molecule has 0 radical (unpaired) electrons. The van der Waals surface area contributed by atoms with Crippen molar-refractivity contribution in [3.63, 3.8) is 0 Å². The zero-order valence-electron chi connectivity index (χ0n) is 16.1. The van der Waals surface area contributed by atoms with E-state index in [4.69, 9.17) is 5.11 Å². The number of unbranched alkanes of at least 4 members (excludes halogenated alkanes) is 3. The molecule has 150 valence electrons. The highest BCUT2D eigenvalue weighted by Crippen LogP contribution is 2.39. The van der Waals surface area contributed by atoms with E-state index < -0.39 is 16.0 Å². The summed E-state index contributed by atoms with van der Waals surface area (Å²) >= 11 is 0. The largest absolute Gasteiger partial charge is 0.481 e. The molecule has 1 unspecified atom stereocenters. The summed E-state index contributed by atoms with van der Waals surface area (Å²) in [5, 5.41) is 12.2. The van der Waals surface area contributed by atoms with Gasteiger partial charge in [-0.1, -0.05) is 31.1 Å². The van der Waals surface area contributed by atoms with Gasteiger partial charge in [0.15, 0.2) is 0 Å². The van der Waals surface area contributed by atoms with E-state index in [9.17, 15) is 13.2 Å². The van der Waals surface area contributed by atoms with E-state index in [1.807, 2.05) is 6.08 Å². The van der Waals surface area contributed by atoms with Gasteiger partial charge in [0.1, 0.15) is 4.90 Å². The van der Waals surface area contributed by atoms with Crippen LogP contribution in [0, 0.1) is 12.1 Å². The molecule has 1 aromatic carbocycles. The molecule has 7 heteroatoms. The number of allylic oxidation sites excluding steroid dienone is 2. The lowest BCUT2D eigenvalue weighted by molar-refractivity contribution is -0.137. The maximum atomic E-state index is 13.1. The Hall–Kier alpha value is -2.30. The van der Waals surface area contributed by atoms with Crippen LogP contribution in [0.2, 0.25) is 0 Å². The van der Waals surface area contributed by atoms with E-state index in [1.165, 1.54) is 4.31 Å². The number of sulfonamides is 1. The predicted molar refractivity (Wildman–Crippen MR) is 106 cm³/mol. The van der Waals surface area contributed by atoms with E-state index in [0.29, 0.717) is 18.4 Å². The molecular weight excluding hydrogens is 376 g/mol. The van der Waals surface area contributed by atoms with Crippen molar-refractivity contribution in [2.24, 2.45) is 0 Å². The summed E-state index contributed by atoms with van der Waals surface area (Å²) in [4.78, 5) is 10.8. The molecule has 0 amide bonds. The molecule has 0 saturated carbocycles. The molecule has 6 nitrogen and oxygen atoms in total. The SMILES string of the molecule is CN1C2=C(C=CCC2)C(NCCCCCCC(=O)O)c2ccc#cc2S1(=O)=O. The number of carboxylic acid groups (broad SMARTS) is 1. The Balaban J connectivity index is 1.78. The number of carboxylic acids is 1.